The third kappa shape index (κ3) is 9.60. The van der Waals surface area contributed by atoms with Crippen LogP contribution in [0.4, 0.5) is 0 Å². The maximum absolute atomic E-state index is 8.51. The molecule has 0 aromatic rings. The number of allylic oxidation sites excluding steroid dienone is 4. The third-order valence-electron chi connectivity index (χ3n) is 1.05. The van der Waals surface area contributed by atoms with Gasteiger partial charge in [0.05, 0.1) is 5.03 Å². The van der Waals surface area contributed by atoms with Gasteiger partial charge in [-0.3, -0.25) is 0 Å². The molecule has 0 saturated carbocycles. The maximum Gasteiger partial charge on any atom is 0.0763 e. The van der Waals surface area contributed by atoms with Gasteiger partial charge >= 0.3 is 0 Å². The summed E-state index contributed by atoms with van der Waals surface area (Å²) < 4.78 is 0. The third-order valence-corrected chi connectivity index (χ3v) is 3.38. The molecule has 0 spiro atoms. The van der Waals surface area contributed by atoms with E-state index in [0.717, 1.165) is 17.2 Å². The van der Waals surface area contributed by atoms with Crippen LogP contribution in [0.2, 0.25) is 0 Å². The molecule has 0 aromatic carbocycles. The van der Waals surface area contributed by atoms with E-state index in [1.807, 2.05) is 18.2 Å². The Kier molecular flexibility index (Phi) is 9.53. The lowest BCUT2D eigenvalue weighted by molar-refractivity contribution is 0.296. The lowest BCUT2D eigenvalue weighted by Crippen LogP contribution is -1.89. The molecule has 4 heteroatoms. The molecule has 0 amide bonds. The van der Waals surface area contributed by atoms with E-state index in [0.29, 0.717) is 0 Å². The minimum absolute atomic E-state index is 0.244. The van der Waals surface area contributed by atoms with Gasteiger partial charge < -0.3 is 10.8 Å². The second kappa shape index (κ2) is 9.77. The van der Waals surface area contributed by atoms with Crippen LogP contribution in [0.1, 0.15) is 6.42 Å². The van der Waals surface area contributed by atoms with Crippen molar-refractivity contribution in [1.29, 1.82) is 0 Å². The van der Waals surface area contributed by atoms with E-state index in [-0.39, 0.29) is 6.61 Å². The minimum atomic E-state index is 0.244. The normalized spacial score (nSPS) is 12.2. The first-order valence-corrected chi connectivity index (χ1v) is 6.28. The van der Waals surface area contributed by atoms with E-state index in [4.69, 9.17) is 10.8 Å². The van der Waals surface area contributed by atoms with Crippen molar-refractivity contribution in [2.75, 3.05) is 12.4 Å². The van der Waals surface area contributed by atoms with Crippen molar-refractivity contribution in [3.63, 3.8) is 0 Å². The molecule has 0 aliphatic rings. The van der Waals surface area contributed by atoms with Gasteiger partial charge in [0.1, 0.15) is 0 Å². The largest absolute Gasteiger partial charge is 0.396 e. The quantitative estimate of drug-likeness (QED) is 0.390. The van der Waals surface area contributed by atoms with E-state index in [1.54, 1.807) is 16.9 Å². The fourth-order valence-electron chi connectivity index (χ4n) is 0.490. The van der Waals surface area contributed by atoms with Gasteiger partial charge in [-0.25, -0.2) is 0 Å². The van der Waals surface area contributed by atoms with Crippen molar-refractivity contribution < 1.29 is 5.11 Å². The van der Waals surface area contributed by atoms with Crippen molar-refractivity contribution >= 4 is 21.6 Å². The molecule has 0 atom stereocenters. The highest BCUT2D eigenvalue weighted by molar-refractivity contribution is 8.78. The number of rotatable bonds is 7. The Balaban J connectivity index is 3.48. The second-order valence-corrected chi connectivity index (χ2v) is 4.66. The SMILES string of the molecule is C=C/C=C\C=C(/N)SSCCCO. The zero-order valence-electron chi connectivity index (χ0n) is 7.48. The van der Waals surface area contributed by atoms with Gasteiger partial charge in [-0.1, -0.05) is 35.6 Å². The van der Waals surface area contributed by atoms with Gasteiger partial charge in [0.2, 0.25) is 0 Å². The fraction of sp³-hybridized carbons (Fsp3) is 0.333. The summed E-state index contributed by atoms with van der Waals surface area (Å²) >= 11 is 0. The summed E-state index contributed by atoms with van der Waals surface area (Å²) in [7, 11) is 3.17. The van der Waals surface area contributed by atoms with Crippen LogP contribution in [0, 0.1) is 0 Å². The summed E-state index contributed by atoms with van der Waals surface area (Å²) in [5, 5.41) is 9.28. The summed E-state index contributed by atoms with van der Waals surface area (Å²) in [6.07, 6.45) is 8.02. The van der Waals surface area contributed by atoms with Crippen LogP contribution in [0.5, 0.6) is 0 Å². The molecular weight excluding hydrogens is 202 g/mol. The zero-order valence-corrected chi connectivity index (χ0v) is 9.11. The highest BCUT2D eigenvalue weighted by Gasteiger charge is 1.91. The Hall–Kier alpha value is -0.320. The molecule has 0 fully saturated rings. The van der Waals surface area contributed by atoms with Gasteiger partial charge in [-0.05, 0) is 23.3 Å². The molecule has 0 aliphatic heterocycles. The summed E-state index contributed by atoms with van der Waals surface area (Å²) in [5.74, 6) is 0.918. The van der Waals surface area contributed by atoms with Gasteiger partial charge in [0.15, 0.2) is 0 Å². The highest BCUT2D eigenvalue weighted by atomic mass is 33.1. The molecule has 3 N–H and O–H groups in total. The van der Waals surface area contributed by atoms with Crippen molar-refractivity contribution in [3.05, 3.63) is 35.9 Å². The summed E-state index contributed by atoms with van der Waals surface area (Å²) in [6.45, 7) is 3.79. The molecule has 74 valence electrons. The average molecular weight is 217 g/mol. The van der Waals surface area contributed by atoms with E-state index >= 15 is 0 Å². The Bertz CT molecular complexity index is 190. The van der Waals surface area contributed by atoms with Gasteiger partial charge in [0.25, 0.3) is 0 Å². The monoisotopic (exact) mass is 217 g/mol. The molecule has 0 bridgehead atoms. The van der Waals surface area contributed by atoms with Crippen LogP contribution in [-0.4, -0.2) is 17.5 Å². The van der Waals surface area contributed by atoms with E-state index in [9.17, 15) is 0 Å². The number of hydrogen-bond donors (Lipinski definition) is 2. The molecule has 0 radical (unpaired) electrons. The van der Waals surface area contributed by atoms with Crippen LogP contribution in [-0.2, 0) is 0 Å². The molecule has 0 aliphatic carbocycles. The fourth-order valence-corrected chi connectivity index (χ4v) is 2.27. The van der Waals surface area contributed by atoms with Crippen molar-refractivity contribution in [2.24, 2.45) is 5.73 Å². The van der Waals surface area contributed by atoms with Crippen molar-refractivity contribution in [3.8, 4) is 0 Å². The minimum Gasteiger partial charge on any atom is -0.396 e. The van der Waals surface area contributed by atoms with Crippen LogP contribution in [0.3, 0.4) is 0 Å². The molecule has 0 aromatic heterocycles. The first-order chi connectivity index (χ1) is 6.31. The Labute approximate surface area is 87.4 Å². The summed E-state index contributed by atoms with van der Waals surface area (Å²) in [4.78, 5) is 0. The average Bonchev–Trinajstić information content (AvgIpc) is 2.13. The topological polar surface area (TPSA) is 46.2 Å². The van der Waals surface area contributed by atoms with E-state index in [1.165, 1.54) is 10.8 Å². The number of nitrogens with two attached hydrogens (primary N) is 1. The smallest absolute Gasteiger partial charge is 0.0763 e. The lowest BCUT2D eigenvalue weighted by atomic mass is 10.5. The van der Waals surface area contributed by atoms with Crippen LogP contribution in [0.15, 0.2) is 35.9 Å². The van der Waals surface area contributed by atoms with Crippen molar-refractivity contribution in [1.82, 2.24) is 0 Å². The van der Waals surface area contributed by atoms with Crippen LogP contribution >= 0.6 is 21.6 Å². The second-order valence-electron chi connectivity index (χ2n) is 2.17. The number of hydrogen-bond acceptors (Lipinski definition) is 4. The van der Waals surface area contributed by atoms with Crippen LogP contribution < -0.4 is 5.73 Å². The number of aliphatic hydroxyl groups excluding tert-OH is 1. The predicted molar refractivity (Wildman–Crippen MR) is 63.4 cm³/mol. The van der Waals surface area contributed by atoms with Gasteiger partial charge in [-0.15, -0.1) is 0 Å². The predicted octanol–water partition coefficient (Wildman–Crippen LogP) is 2.29. The molecule has 13 heavy (non-hydrogen) atoms. The summed E-state index contributed by atoms with van der Waals surface area (Å²) in [6, 6.07) is 0. The molecule has 0 unspecified atom stereocenters. The maximum atomic E-state index is 8.51. The first-order valence-electron chi connectivity index (χ1n) is 3.96. The molecular formula is C9H15NOS2. The standard InChI is InChI=1S/C9H15NOS2/c1-2-3-4-6-9(10)13-12-8-5-7-11/h2-4,6,11H,1,5,7-8,10H2/b4-3-,9-6+. The molecule has 0 rings (SSSR count). The molecule has 2 nitrogen and oxygen atoms in total. The zero-order chi connectivity index (χ0) is 9.94. The van der Waals surface area contributed by atoms with Gasteiger partial charge in [-0.2, -0.15) is 0 Å². The number of aliphatic hydroxyl groups is 1. The Morgan fingerprint density at radius 3 is 2.85 bits per heavy atom. The summed E-state index contributed by atoms with van der Waals surface area (Å²) in [5.41, 5.74) is 5.65. The van der Waals surface area contributed by atoms with Gasteiger partial charge in [0, 0.05) is 12.4 Å². The first kappa shape index (κ1) is 12.7. The van der Waals surface area contributed by atoms with Crippen molar-refractivity contribution in [2.45, 2.75) is 6.42 Å². The lowest BCUT2D eigenvalue weighted by Gasteiger charge is -1.97. The van der Waals surface area contributed by atoms with Crippen LogP contribution in [0.25, 0.3) is 0 Å². The molecule has 0 saturated heterocycles. The van der Waals surface area contributed by atoms with E-state index < -0.39 is 0 Å². The highest BCUT2D eigenvalue weighted by Crippen LogP contribution is 2.26. The molecule has 0 heterocycles. The van der Waals surface area contributed by atoms with E-state index in [2.05, 4.69) is 6.58 Å². The Morgan fingerprint density at radius 1 is 1.46 bits per heavy atom. The Morgan fingerprint density at radius 2 is 2.23 bits per heavy atom.